The number of nitrogens with one attached hydrogen (secondary N) is 2. The van der Waals surface area contributed by atoms with E-state index in [1.807, 2.05) is 49.4 Å². The molecule has 1 amide bonds. The summed E-state index contributed by atoms with van der Waals surface area (Å²) in [5, 5.41) is 7.14. The summed E-state index contributed by atoms with van der Waals surface area (Å²) < 4.78 is 7.69. The van der Waals surface area contributed by atoms with E-state index in [0.717, 1.165) is 61.2 Å². The third-order valence-electron chi connectivity index (χ3n) is 9.44. The van der Waals surface area contributed by atoms with Gasteiger partial charge < -0.3 is 25.2 Å². The largest absolute Gasteiger partial charge is 0.376 e. The highest BCUT2D eigenvalue weighted by molar-refractivity contribution is 6.05. The maximum atomic E-state index is 14.3. The molecule has 7 rings (SSSR count). The average Bonchev–Trinajstić information content (AvgIpc) is 3.62. The second kappa shape index (κ2) is 13.6. The van der Waals surface area contributed by atoms with Crippen LogP contribution in [0.2, 0.25) is 0 Å². The van der Waals surface area contributed by atoms with Crippen LogP contribution in [0, 0.1) is 13.8 Å². The number of aryl methyl sites for hydroxylation is 1. The summed E-state index contributed by atoms with van der Waals surface area (Å²) in [5.41, 5.74) is 6.98. The Morgan fingerprint density at radius 3 is 2.52 bits per heavy atom. The Morgan fingerprint density at radius 1 is 0.958 bits per heavy atom. The van der Waals surface area contributed by atoms with Crippen LogP contribution < -0.4 is 21.1 Å². The molecule has 2 aliphatic rings. The molecule has 48 heavy (non-hydrogen) atoms. The molecule has 1 atom stereocenters. The first kappa shape index (κ1) is 31.5. The van der Waals surface area contributed by atoms with E-state index < -0.39 is 0 Å². The quantitative estimate of drug-likeness (QED) is 0.212. The van der Waals surface area contributed by atoms with E-state index in [1.54, 1.807) is 22.9 Å². The van der Waals surface area contributed by atoms with Gasteiger partial charge in [0.1, 0.15) is 5.65 Å². The van der Waals surface area contributed by atoms with Crippen molar-refractivity contribution < 1.29 is 9.53 Å². The van der Waals surface area contributed by atoms with Gasteiger partial charge in [-0.3, -0.25) is 14.2 Å². The second-order valence-electron chi connectivity index (χ2n) is 12.8. The highest BCUT2D eigenvalue weighted by Crippen LogP contribution is 2.30. The number of pyridine rings is 1. The van der Waals surface area contributed by atoms with Crippen LogP contribution in [0.3, 0.4) is 0 Å². The summed E-state index contributed by atoms with van der Waals surface area (Å²) in [6.07, 6.45) is 3.54. The van der Waals surface area contributed by atoms with Gasteiger partial charge in [-0.15, -0.1) is 0 Å². The molecule has 2 aliphatic heterocycles. The van der Waals surface area contributed by atoms with Crippen LogP contribution in [-0.2, 0) is 11.3 Å². The second-order valence-corrected chi connectivity index (χ2v) is 12.8. The van der Waals surface area contributed by atoms with Gasteiger partial charge in [0, 0.05) is 72.6 Å². The Morgan fingerprint density at radius 2 is 1.77 bits per heavy atom. The minimum absolute atomic E-state index is 0.0742. The molecule has 10 nitrogen and oxygen atoms in total. The number of rotatable bonds is 8. The fourth-order valence-corrected chi connectivity index (χ4v) is 6.68. The maximum absolute atomic E-state index is 14.3. The summed E-state index contributed by atoms with van der Waals surface area (Å²) in [6.45, 7) is 9.25. The van der Waals surface area contributed by atoms with Crippen LogP contribution in [0.1, 0.15) is 34.3 Å². The minimum Gasteiger partial charge on any atom is -0.376 e. The Hall–Kier alpha value is -5.06. The molecule has 0 saturated carbocycles. The summed E-state index contributed by atoms with van der Waals surface area (Å²) >= 11 is 0. The number of hydrogen-bond donors (Lipinski definition) is 2. The molecule has 246 valence electrons. The average molecular weight is 644 g/mol. The lowest BCUT2D eigenvalue weighted by Gasteiger charge is -2.35. The summed E-state index contributed by atoms with van der Waals surface area (Å²) in [4.78, 5) is 41.6. The number of benzene rings is 3. The zero-order chi connectivity index (χ0) is 33.2. The van der Waals surface area contributed by atoms with E-state index in [2.05, 4.69) is 57.6 Å². The van der Waals surface area contributed by atoms with Crippen molar-refractivity contribution >= 4 is 40.0 Å². The van der Waals surface area contributed by atoms with Gasteiger partial charge in [-0.2, -0.15) is 4.98 Å². The Bertz CT molecular complexity index is 2010. The van der Waals surface area contributed by atoms with Gasteiger partial charge in [-0.1, -0.05) is 30.3 Å². The summed E-state index contributed by atoms with van der Waals surface area (Å²) in [5.74, 6) is 0.215. The van der Waals surface area contributed by atoms with E-state index in [1.165, 1.54) is 11.3 Å². The highest BCUT2D eigenvalue weighted by atomic mass is 16.5. The molecule has 0 spiro atoms. The molecular formula is C38H41N7O3. The fourth-order valence-electron chi connectivity index (χ4n) is 6.68. The topological polar surface area (TPSA) is 105 Å². The first-order valence-electron chi connectivity index (χ1n) is 16.6. The van der Waals surface area contributed by atoms with Crippen molar-refractivity contribution in [2.45, 2.75) is 39.3 Å². The van der Waals surface area contributed by atoms with Crippen molar-refractivity contribution in [3.8, 4) is 11.1 Å². The van der Waals surface area contributed by atoms with Crippen LogP contribution in [-0.4, -0.2) is 71.3 Å². The third kappa shape index (κ3) is 6.54. The van der Waals surface area contributed by atoms with Gasteiger partial charge >= 0.3 is 0 Å². The van der Waals surface area contributed by atoms with Crippen molar-refractivity contribution in [3.05, 3.63) is 106 Å². The van der Waals surface area contributed by atoms with E-state index in [9.17, 15) is 9.59 Å². The minimum atomic E-state index is -0.206. The zero-order valence-corrected chi connectivity index (χ0v) is 27.7. The highest BCUT2D eigenvalue weighted by Gasteiger charge is 2.22. The Labute approximate surface area is 280 Å². The molecule has 2 fully saturated rings. The van der Waals surface area contributed by atoms with Crippen molar-refractivity contribution in [3.63, 3.8) is 0 Å². The molecular weight excluding hydrogens is 602 g/mol. The van der Waals surface area contributed by atoms with Gasteiger partial charge in [0.15, 0.2) is 0 Å². The monoisotopic (exact) mass is 643 g/mol. The van der Waals surface area contributed by atoms with Gasteiger partial charge in [0.25, 0.3) is 11.5 Å². The number of ether oxygens (including phenoxy) is 1. The smallest absolute Gasteiger partial charge is 0.260 e. The normalized spacial score (nSPS) is 16.7. The van der Waals surface area contributed by atoms with Crippen LogP contribution >= 0.6 is 0 Å². The summed E-state index contributed by atoms with van der Waals surface area (Å²) in [7, 11) is 2.16. The predicted molar refractivity (Wildman–Crippen MR) is 192 cm³/mol. The number of piperazine rings is 1. The molecule has 0 unspecified atom stereocenters. The van der Waals surface area contributed by atoms with Crippen LogP contribution in [0.25, 0.3) is 22.2 Å². The van der Waals surface area contributed by atoms with Gasteiger partial charge in [0.05, 0.1) is 12.6 Å². The number of carbonyl (C=O) groups excluding carboxylic acids is 1. The van der Waals surface area contributed by atoms with Crippen molar-refractivity contribution in [1.82, 2.24) is 19.4 Å². The van der Waals surface area contributed by atoms with Gasteiger partial charge in [0.2, 0.25) is 5.95 Å². The van der Waals surface area contributed by atoms with E-state index >= 15 is 0 Å². The molecule has 2 aromatic heterocycles. The molecule has 5 aromatic rings. The standard InChI is InChI=1S/C38H41N7O3/c1-25-21-29(14-15-34(25)44-18-16-43(3)17-19-44)40-38-39-23-28-22-32(37(47)45(35(28)42-38)24-30-11-8-20-48-30)31-12-7-13-33(26(31)2)41-36(46)27-9-5-4-6-10-27/h4-7,9-10,12-15,21-23,30H,8,11,16-20,24H2,1-3H3,(H,41,46)(H,39,40,42)/t30-/m1/s1. The van der Waals surface area contributed by atoms with Crippen LogP contribution in [0.15, 0.2) is 83.8 Å². The summed E-state index contributed by atoms with van der Waals surface area (Å²) in [6, 6.07) is 22.9. The number of aromatic nitrogens is 3. The number of nitrogens with zero attached hydrogens (tertiary/aromatic N) is 5. The maximum Gasteiger partial charge on any atom is 0.260 e. The SMILES string of the molecule is Cc1cc(Nc2ncc3cc(-c4cccc(NC(=O)c5ccccc5)c4C)c(=O)n(C[C@H]4CCCO4)c3n2)ccc1N1CCN(C)CC1. The molecule has 0 radical (unpaired) electrons. The first-order valence-corrected chi connectivity index (χ1v) is 16.6. The van der Waals surface area contributed by atoms with Crippen LogP contribution in [0.4, 0.5) is 23.0 Å². The molecule has 4 heterocycles. The Kier molecular flexibility index (Phi) is 8.92. The lowest BCUT2D eigenvalue weighted by Crippen LogP contribution is -2.44. The van der Waals surface area contributed by atoms with Crippen molar-refractivity contribution in [1.29, 1.82) is 0 Å². The number of likely N-dealkylation sites (N-methyl/N-ethyl adjacent to an activating group) is 1. The van der Waals surface area contributed by atoms with E-state index in [0.29, 0.717) is 41.6 Å². The third-order valence-corrected chi connectivity index (χ3v) is 9.44. The van der Waals surface area contributed by atoms with Gasteiger partial charge in [-0.25, -0.2) is 4.98 Å². The number of fused-ring (bicyclic) bond motifs is 1. The number of anilines is 4. The van der Waals surface area contributed by atoms with Crippen molar-refractivity contribution in [2.75, 3.05) is 55.4 Å². The van der Waals surface area contributed by atoms with Gasteiger partial charge in [-0.05, 0) is 92.9 Å². The Balaban J connectivity index is 1.22. The lowest BCUT2D eigenvalue weighted by atomic mass is 9.99. The predicted octanol–water partition coefficient (Wildman–Crippen LogP) is 6.00. The first-order chi connectivity index (χ1) is 23.3. The zero-order valence-electron chi connectivity index (χ0n) is 27.7. The molecule has 3 aromatic carbocycles. The molecule has 0 aliphatic carbocycles. The van der Waals surface area contributed by atoms with E-state index in [-0.39, 0.29) is 17.6 Å². The van der Waals surface area contributed by atoms with E-state index in [4.69, 9.17) is 9.72 Å². The molecule has 0 bridgehead atoms. The fraction of sp³-hybridized carbons (Fsp3) is 0.316. The molecule has 10 heteroatoms. The molecule has 2 N–H and O–H groups in total. The van der Waals surface area contributed by atoms with Crippen molar-refractivity contribution in [2.24, 2.45) is 0 Å². The number of carbonyl (C=O) groups is 1. The lowest BCUT2D eigenvalue weighted by molar-refractivity contribution is 0.0971. The van der Waals surface area contributed by atoms with Crippen LogP contribution in [0.5, 0.6) is 0 Å². The number of amides is 1. The number of hydrogen-bond acceptors (Lipinski definition) is 8. The molecule has 2 saturated heterocycles.